The molecule has 0 aliphatic carbocycles. The summed E-state index contributed by atoms with van der Waals surface area (Å²) in [6, 6.07) is 5.56. The fourth-order valence-corrected chi connectivity index (χ4v) is 2.57. The highest BCUT2D eigenvalue weighted by Gasteiger charge is 2.16. The van der Waals surface area contributed by atoms with Crippen molar-refractivity contribution in [1.82, 2.24) is 0 Å². The monoisotopic (exact) mass is 290 g/mol. The largest absolute Gasteiger partial charge is 0.388 e. The van der Waals surface area contributed by atoms with Crippen molar-refractivity contribution in [2.24, 2.45) is 5.92 Å². The van der Waals surface area contributed by atoms with E-state index in [0.29, 0.717) is 5.02 Å². The molecule has 2 atom stereocenters. The van der Waals surface area contributed by atoms with Crippen LogP contribution in [0.2, 0.25) is 5.02 Å². The first kappa shape index (κ1) is 13.0. The van der Waals surface area contributed by atoms with Crippen LogP contribution >= 0.6 is 27.5 Å². The molecule has 0 aliphatic rings. The molecule has 1 nitrogen and oxygen atoms in total. The van der Waals surface area contributed by atoms with Gasteiger partial charge in [0.15, 0.2) is 0 Å². The number of benzene rings is 1. The van der Waals surface area contributed by atoms with Crippen LogP contribution in [0, 0.1) is 5.92 Å². The predicted octanol–water partition coefficient (Wildman–Crippen LogP) is 4.57. The molecule has 0 saturated carbocycles. The highest BCUT2D eigenvalue weighted by molar-refractivity contribution is 9.10. The van der Waals surface area contributed by atoms with Crippen LogP contribution in [0.15, 0.2) is 22.7 Å². The van der Waals surface area contributed by atoms with Crippen molar-refractivity contribution < 1.29 is 5.11 Å². The third kappa shape index (κ3) is 3.78. The van der Waals surface area contributed by atoms with Crippen LogP contribution in [0.3, 0.4) is 0 Å². The molecule has 0 saturated heterocycles. The summed E-state index contributed by atoms with van der Waals surface area (Å²) in [4.78, 5) is 0. The van der Waals surface area contributed by atoms with Crippen molar-refractivity contribution in [3.8, 4) is 0 Å². The lowest BCUT2D eigenvalue weighted by atomic mass is 9.94. The van der Waals surface area contributed by atoms with Gasteiger partial charge in [-0.25, -0.2) is 0 Å². The van der Waals surface area contributed by atoms with Crippen molar-refractivity contribution in [1.29, 1.82) is 0 Å². The highest BCUT2D eigenvalue weighted by Crippen LogP contribution is 2.29. The normalized spacial score (nSPS) is 15.0. The SMILES string of the molecule is CCCC(C)C(O)c1cc(Cl)cc(Br)c1. The van der Waals surface area contributed by atoms with Gasteiger partial charge in [-0.15, -0.1) is 0 Å². The maximum Gasteiger partial charge on any atom is 0.0816 e. The average molecular weight is 292 g/mol. The Morgan fingerprint density at radius 2 is 2.07 bits per heavy atom. The van der Waals surface area contributed by atoms with Gasteiger partial charge in [-0.3, -0.25) is 0 Å². The fraction of sp³-hybridized carbons (Fsp3) is 0.500. The summed E-state index contributed by atoms with van der Waals surface area (Å²) in [6.07, 6.45) is 1.67. The van der Waals surface area contributed by atoms with Crippen LogP contribution < -0.4 is 0 Å². The molecule has 84 valence electrons. The minimum absolute atomic E-state index is 0.264. The Bertz CT molecular complexity index is 307. The second-order valence-electron chi connectivity index (χ2n) is 3.91. The molecule has 1 aromatic carbocycles. The molecule has 0 bridgehead atoms. The van der Waals surface area contributed by atoms with Crippen LogP contribution in [0.4, 0.5) is 0 Å². The Hall–Kier alpha value is -0.0500. The van der Waals surface area contributed by atoms with E-state index in [4.69, 9.17) is 11.6 Å². The molecule has 2 unspecified atom stereocenters. The van der Waals surface area contributed by atoms with E-state index >= 15 is 0 Å². The maximum atomic E-state index is 10.1. The van der Waals surface area contributed by atoms with E-state index in [1.165, 1.54) is 0 Å². The lowest BCUT2D eigenvalue weighted by Crippen LogP contribution is -2.08. The topological polar surface area (TPSA) is 20.2 Å². The van der Waals surface area contributed by atoms with Crippen molar-refractivity contribution >= 4 is 27.5 Å². The fourth-order valence-electron chi connectivity index (χ4n) is 1.69. The summed E-state index contributed by atoms with van der Waals surface area (Å²) >= 11 is 9.31. The van der Waals surface area contributed by atoms with E-state index in [1.54, 1.807) is 0 Å². The van der Waals surface area contributed by atoms with E-state index in [0.717, 1.165) is 22.9 Å². The Morgan fingerprint density at radius 3 is 2.60 bits per heavy atom. The summed E-state index contributed by atoms with van der Waals surface area (Å²) in [5.74, 6) is 0.264. The molecule has 1 rings (SSSR count). The van der Waals surface area contributed by atoms with Gasteiger partial charge in [0.05, 0.1) is 6.10 Å². The molecule has 15 heavy (non-hydrogen) atoms. The van der Waals surface area contributed by atoms with Gasteiger partial charge in [0, 0.05) is 9.50 Å². The molecule has 0 spiro atoms. The number of hydrogen-bond donors (Lipinski definition) is 1. The smallest absolute Gasteiger partial charge is 0.0816 e. The molecule has 3 heteroatoms. The molecule has 0 heterocycles. The minimum Gasteiger partial charge on any atom is -0.388 e. The van der Waals surface area contributed by atoms with Gasteiger partial charge in [-0.1, -0.05) is 47.8 Å². The molecule has 0 radical (unpaired) electrons. The summed E-state index contributed by atoms with van der Waals surface area (Å²) < 4.78 is 0.910. The van der Waals surface area contributed by atoms with E-state index in [9.17, 15) is 5.11 Å². The van der Waals surface area contributed by atoms with Crippen molar-refractivity contribution in [2.45, 2.75) is 32.8 Å². The van der Waals surface area contributed by atoms with Crippen LogP contribution in [0.5, 0.6) is 0 Å². The second kappa shape index (κ2) is 5.88. The van der Waals surface area contributed by atoms with Crippen LogP contribution in [0.1, 0.15) is 38.4 Å². The van der Waals surface area contributed by atoms with Crippen LogP contribution in [0.25, 0.3) is 0 Å². The maximum absolute atomic E-state index is 10.1. The van der Waals surface area contributed by atoms with E-state index < -0.39 is 6.10 Å². The minimum atomic E-state index is -0.431. The van der Waals surface area contributed by atoms with E-state index in [2.05, 4.69) is 29.8 Å². The molecule has 0 aromatic heterocycles. The molecule has 0 aliphatic heterocycles. The zero-order chi connectivity index (χ0) is 11.4. The Balaban J connectivity index is 2.85. The lowest BCUT2D eigenvalue weighted by Gasteiger charge is -2.19. The third-order valence-corrected chi connectivity index (χ3v) is 3.19. The van der Waals surface area contributed by atoms with Gasteiger partial charge in [0.25, 0.3) is 0 Å². The van der Waals surface area contributed by atoms with E-state index in [1.807, 2.05) is 18.2 Å². The Morgan fingerprint density at radius 1 is 1.40 bits per heavy atom. The first-order valence-corrected chi connectivity index (χ1v) is 6.35. The molecular formula is C12H16BrClO. The van der Waals surface area contributed by atoms with Gasteiger partial charge < -0.3 is 5.11 Å². The molecular weight excluding hydrogens is 275 g/mol. The first-order chi connectivity index (χ1) is 7.04. The predicted molar refractivity (Wildman–Crippen MR) is 68.2 cm³/mol. The number of rotatable bonds is 4. The van der Waals surface area contributed by atoms with Gasteiger partial charge in [-0.05, 0) is 36.1 Å². The third-order valence-electron chi connectivity index (χ3n) is 2.51. The Kier molecular flexibility index (Phi) is 5.10. The second-order valence-corrected chi connectivity index (χ2v) is 5.27. The Labute approximate surface area is 105 Å². The number of aliphatic hydroxyl groups is 1. The molecule has 0 fully saturated rings. The lowest BCUT2D eigenvalue weighted by molar-refractivity contribution is 0.112. The van der Waals surface area contributed by atoms with E-state index in [-0.39, 0.29) is 5.92 Å². The van der Waals surface area contributed by atoms with Crippen LogP contribution in [-0.4, -0.2) is 5.11 Å². The quantitative estimate of drug-likeness (QED) is 0.861. The highest BCUT2D eigenvalue weighted by atomic mass is 79.9. The van der Waals surface area contributed by atoms with Crippen molar-refractivity contribution in [3.05, 3.63) is 33.3 Å². The number of aliphatic hydroxyl groups excluding tert-OH is 1. The van der Waals surface area contributed by atoms with Gasteiger partial charge in [-0.2, -0.15) is 0 Å². The van der Waals surface area contributed by atoms with Crippen molar-refractivity contribution in [2.75, 3.05) is 0 Å². The zero-order valence-electron chi connectivity index (χ0n) is 9.00. The number of halogens is 2. The standard InChI is InChI=1S/C12H16BrClO/c1-3-4-8(2)12(15)9-5-10(13)7-11(14)6-9/h5-8,12,15H,3-4H2,1-2H3. The summed E-state index contributed by atoms with van der Waals surface area (Å²) in [5, 5.41) is 10.7. The van der Waals surface area contributed by atoms with Gasteiger partial charge >= 0.3 is 0 Å². The summed E-state index contributed by atoms with van der Waals surface area (Å²) in [6.45, 7) is 4.18. The van der Waals surface area contributed by atoms with Gasteiger partial charge in [0.2, 0.25) is 0 Å². The summed E-state index contributed by atoms with van der Waals surface area (Å²) in [7, 11) is 0. The van der Waals surface area contributed by atoms with Crippen LogP contribution in [-0.2, 0) is 0 Å². The first-order valence-electron chi connectivity index (χ1n) is 5.18. The molecule has 1 N–H and O–H groups in total. The molecule has 1 aromatic rings. The molecule has 0 amide bonds. The summed E-state index contributed by atoms with van der Waals surface area (Å²) in [5.41, 5.74) is 0.885. The number of hydrogen-bond acceptors (Lipinski definition) is 1. The van der Waals surface area contributed by atoms with Crippen molar-refractivity contribution in [3.63, 3.8) is 0 Å². The van der Waals surface area contributed by atoms with Gasteiger partial charge in [0.1, 0.15) is 0 Å². The average Bonchev–Trinajstić information content (AvgIpc) is 2.15. The zero-order valence-corrected chi connectivity index (χ0v) is 11.3.